The van der Waals surface area contributed by atoms with E-state index in [0.29, 0.717) is 0 Å². The molecule has 3 aromatic carbocycles. The average Bonchev–Trinajstić information content (AvgIpc) is 2.65. The maximum absolute atomic E-state index is 10.1. The highest BCUT2D eigenvalue weighted by Gasteiger charge is 1.94. The van der Waals surface area contributed by atoms with Gasteiger partial charge < -0.3 is 10.4 Å². The maximum Gasteiger partial charge on any atom is 0.328 e. The summed E-state index contributed by atoms with van der Waals surface area (Å²) in [5, 5.41) is 11.6. The van der Waals surface area contributed by atoms with Gasteiger partial charge in [-0.2, -0.15) is 0 Å². The molecule has 0 saturated carbocycles. The fourth-order valence-electron chi connectivity index (χ4n) is 1.96. The third kappa shape index (κ3) is 7.68. The minimum Gasteiger partial charge on any atom is -0.478 e. The Balaban J connectivity index is 0.000000197. The van der Waals surface area contributed by atoms with Gasteiger partial charge in [0.2, 0.25) is 0 Å². The second-order valence-electron chi connectivity index (χ2n) is 5.22. The number of benzene rings is 3. The highest BCUT2D eigenvalue weighted by atomic mass is 79.9. The van der Waals surface area contributed by atoms with Gasteiger partial charge in [-0.05, 0) is 60.2 Å². The van der Waals surface area contributed by atoms with Crippen LogP contribution in [0.1, 0.15) is 5.56 Å². The van der Waals surface area contributed by atoms with Gasteiger partial charge in [-0.25, -0.2) is 4.79 Å². The maximum atomic E-state index is 10.1. The molecule has 2 N–H and O–H groups in total. The summed E-state index contributed by atoms with van der Waals surface area (Å²) < 4.78 is 2.17. The fraction of sp³-hybridized carbons (Fsp3) is 0. The Morgan fingerprint density at radius 3 is 1.65 bits per heavy atom. The van der Waals surface area contributed by atoms with E-state index in [1.54, 1.807) is 6.08 Å². The Kier molecular flexibility index (Phi) is 8.12. The van der Waals surface area contributed by atoms with Gasteiger partial charge in [-0.1, -0.05) is 62.2 Å². The van der Waals surface area contributed by atoms with Crippen molar-refractivity contribution in [1.82, 2.24) is 0 Å². The number of rotatable bonds is 4. The van der Waals surface area contributed by atoms with E-state index in [4.69, 9.17) is 5.11 Å². The zero-order valence-corrected chi connectivity index (χ0v) is 16.9. The van der Waals surface area contributed by atoms with E-state index in [-0.39, 0.29) is 0 Å². The van der Waals surface area contributed by atoms with Crippen LogP contribution in [0.25, 0.3) is 6.08 Å². The number of carboxylic acids is 1. The summed E-state index contributed by atoms with van der Waals surface area (Å²) in [4.78, 5) is 10.1. The van der Waals surface area contributed by atoms with Crippen LogP contribution in [-0.4, -0.2) is 11.1 Å². The van der Waals surface area contributed by atoms with E-state index in [1.165, 1.54) is 0 Å². The first kappa shape index (κ1) is 19.9. The smallest absolute Gasteiger partial charge is 0.328 e. The largest absolute Gasteiger partial charge is 0.478 e. The van der Waals surface area contributed by atoms with Crippen molar-refractivity contribution in [2.45, 2.75) is 0 Å². The van der Waals surface area contributed by atoms with Crippen LogP contribution in [0.5, 0.6) is 0 Å². The lowest BCUT2D eigenvalue weighted by molar-refractivity contribution is -0.131. The van der Waals surface area contributed by atoms with Gasteiger partial charge in [0, 0.05) is 26.4 Å². The van der Waals surface area contributed by atoms with E-state index in [1.807, 2.05) is 78.9 Å². The zero-order valence-electron chi connectivity index (χ0n) is 13.8. The van der Waals surface area contributed by atoms with Gasteiger partial charge in [0.05, 0.1) is 0 Å². The lowest BCUT2D eigenvalue weighted by atomic mass is 10.2. The lowest BCUT2D eigenvalue weighted by Gasteiger charge is -2.06. The van der Waals surface area contributed by atoms with Gasteiger partial charge in [-0.3, -0.25) is 0 Å². The first-order valence-corrected chi connectivity index (χ1v) is 9.36. The van der Waals surface area contributed by atoms with E-state index < -0.39 is 5.97 Å². The molecular formula is C21H17Br2NO2. The number of carboxylic acid groups (broad SMARTS) is 1. The first-order valence-electron chi connectivity index (χ1n) is 7.77. The molecule has 0 amide bonds. The van der Waals surface area contributed by atoms with Crippen LogP contribution >= 0.6 is 31.9 Å². The average molecular weight is 475 g/mol. The molecule has 26 heavy (non-hydrogen) atoms. The first-order chi connectivity index (χ1) is 12.5. The van der Waals surface area contributed by atoms with Gasteiger partial charge in [0.1, 0.15) is 0 Å². The molecule has 3 aromatic rings. The van der Waals surface area contributed by atoms with Crippen molar-refractivity contribution in [2.24, 2.45) is 0 Å². The lowest BCUT2D eigenvalue weighted by Crippen LogP contribution is -1.88. The normalized spacial score (nSPS) is 10.1. The number of halogens is 2. The van der Waals surface area contributed by atoms with Crippen LogP contribution in [0.3, 0.4) is 0 Å². The fourth-order valence-corrected chi connectivity index (χ4v) is 2.49. The molecule has 132 valence electrons. The quantitative estimate of drug-likeness (QED) is 0.411. The number of anilines is 2. The number of carbonyl (C=O) groups is 1. The molecule has 0 radical (unpaired) electrons. The van der Waals surface area contributed by atoms with Gasteiger partial charge in [0.15, 0.2) is 0 Å². The summed E-state index contributed by atoms with van der Waals surface area (Å²) in [6.45, 7) is 0. The number of aliphatic carboxylic acids is 1. The molecule has 5 heteroatoms. The third-order valence-electron chi connectivity index (χ3n) is 3.20. The molecule has 0 aromatic heterocycles. The molecular weight excluding hydrogens is 458 g/mol. The number of nitrogens with one attached hydrogen (secondary N) is 1. The van der Waals surface area contributed by atoms with Gasteiger partial charge >= 0.3 is 5.97 Å². The van der Waals surface area contributed by atoms with Crippen LogP contribution < -0.4 is 5.32 Å². The van der Waals surface area contributed by atoms with Crippen molar-refractivity contribution in [3.63, 3.8) is 0 Å². The molecule has 0 heterocycles. The second kappa shape index (κ2) is 10.6. The summed E-state index contributed by atoms with van der Waals surface area (Å²) in [7, 11) is 0. The molecule has 0 saturated heterocycles. The Labute approximate surface area is 169 Å². The van der Waals surface area contributed by atoms with E-state index >= 15 is 0 Å². The molecule has 0 atom stereocenters. The summed E-state index contributed by atoms with van der Waals surface area (Å²) >= 11 is 6.81. The second-order valence-corrected chi connectivity index (χ2v) is 7.05. The summed E-state index contributed by atoms with van der Waals surface area (Å²) in [5.41, 5.74) is 3.07. The predicted octanol–water partition coefficient (Wildman–Crippen LogP) is 6.74. The van der Waals surface area contributed by atoms with Gasteiger partial charge in [-0.15, -0.1) is 0 Å². The van der Waals surface area contributed by atoms with Crippen molar-refractivity contribution < 1.29 is 9.90 Å². The van der Waals surface area contributed by atoms with Crippen LogP contribution in [0, 0.1) is 0 Å². The molecule has 0 spiro atoms. The van der Waals surface area contributed by atoms with Crippen molar-refractivity contribution in [1.29, 1.82) is 0 Å². The van der Waals surface area contributed by atoms with Crippen molar-refractivity contribution in [3.05, 3.63) is 99.4 Å². The Morgan fingerprint density at radius 1 is 0.769 bits per heavy atom. The zero-order chi connectivity index (χ0) is 18.8. The molecule has 0 aliphatic carbocycles. The van der Waals surface area contributed by atoms with Crippen LogP contribution in [0.15, 0.2) is 93.9 Å². The molecule has 0 aliphatic heterocycles. The van der Waals surface area contributed by atoms with Crippen molar-refractivity contribution in [3.8, 4) is 0 Å². The summed E-state index contributed by atoms with van der Waals surface area (Å²) in [6.07, 6.45) is 2.68. The van der Waals surface area contributed by atoms with Gasteiger partial charge in [0.25, 0.3) is 0 Å². The van der Waals surface area contributed by atoms with Crippen molar-refractivity contribution in [2.75, 3.05) is 5.32 Å². The molecule has 0 aliphatic rings. The number of hydrogen-bond donors (Lipinski definition) is 2. The topological polar surface area (TPSA) is 49.3 Å². The third-order valence-corrected chi connectivity index (χ3v) is 4.25. The monoisotopic (exact) mass is 473 g/mol. The molecule has 0 bridgehead atoms. The molecule has 0 fully saturated rings. The minimum absolute atomic E-state index is 0.898. The number of hydrogen-bond acceptors (Lipinski definition) is 2. The summed E-state index contributed by atoms with van der Waals surface area (Å²) in [6, 6.07) is 25.5. The van der Waals surface area contributed by atoms with E-state index in [2.05, 4.69) is 37.2 Å². The van der Waals surface area contributed by atoms with Crippen LogP contribution in [0.2, 0.25) is 0 Å². The Bertz CT molecular complexity index is 802. The van der Waals surface area contributed by atoms with Crippen molar-refractivity contribution >= 4 is 55.3 Å². The summed E-state index contributed by atoms with van der Waals surface area (Å²) in [5.74, 6) is -0.922. The predicted molar refractivity (Wildman–Crippen MR) is 115 cm³/mol. The minimum atomic E-state index is -0.922. The molecule has 3 nitrogen and oxygen atoms in total. The highest BCUT2D eigenvalue weighted by Crippen LogP contribution is 2.20. The van der Waals surface area contributed by atoms with Crippen LogP contribution in [-0.2, 0) is 4.79 Å². The van der Waals surface area contributed by atoms with E-state index in [9.17, 15) is 4.79 Å². The Morgan fingerprint density at radius 2 is 1.23 bits per heavy atom. The standard InChI is InChI=1S/C12H9Br2N.C9H8O2/c13-9-1-5-11(6-2-9)15-12-7-3-10(14)4-8-12;10-9(11)7-6-8-4-2-1-3-5-8/h1-8,15H;1-7H,(H,10,11). The van der Waals surface area contributed by atoms with Crippen LogP contribution in [0.4, 0.5) is 11.4 Å². The van der Waals surface area contributed by atoms with E-state index in [0.717, 1.165) is 32.0 Å². The SMILES string of the molecule is Brc1ccc(Nc2ccc(Br)cc2)cc1.O=C(O)C=Cc1ccccc1. The highest BCUT2D eigenvalue weighted by molar-refractivity contribution is 9.10. The molecule has 0 unspecified atom stereocenters. The molecule has 3 rings (SSSR count). The Hall–Kier alpha value is -2.37.